The van der Waals surface area contributed by atoms with E-state index in [1.54, 1.807) is 0 Å². The number of anilines is 2. The number of carboxylic acid groups (broad SMARTS) is 1. The fourth-order valence-electron chi connectivity index (χ4n) is 2.57. The van der Waals surface area contributed by atoms with E-state index in [-0.39, 0.29) is 12.2 Å². The summed E-state index contributed by atoms with van der Waals surface area (Å²) in [6.07, 6.45) is 5.13. The second-order valence-electron chi connectivity index (χ2n) is 4.80. The smallest absolute Gasteiger partial charge is 0.337 e. The Balaban J connectivity index is 2.18. The van der Waals surface area contributed by atoms with Gasteiger partial charge in [0.25, 0.3) is 0 Å². The Kier molecular flexibility index (Phi) is 4.21. The molecule has 1 fully saturated rings. The summed E-state index contributed by atoms with van der Waals surface area (Å²) in [7, 11) is 0. The van der Waals surface area contributed by atoms with Crippen LogP contribution in [-0.4, -0.2) is 40.4 Å². The van der Waals surface area contributed by atoms with Crippen LogP contribution >= 0.6 is 0 Å². The minimum atomic E-state index is -1.02. The number of nitrogens with zero attached hydrogens (tertiary/aromatic N) is 2. The van der Waals surface area contributed by atoms with Gasteiger partial charge in [-0.25, -0.2) is 9.78 Å². The predicted octanol–water partition coefficient (Wildman–Crippen LogP) is 1.10. The van der Waals surface area contributed by atoms with Gasteiger partial charge in [-0.05, 0) is 31.7 Å². The molecule has 6 nitrogen and oxygen atoms in total. The molecule has 4 N–H and O–H groups in total. The van der Waals surface area contributed by atoms with Crippen molar-refractivity contribution in [2.75, 3.05) is 23.8 Å². The molecule has 0 saturated carbocycles. The topological polar surface area (TPSA) is 99.7 Å². The van der Waals surface area contributed by atoms with Gasteiger partial charge in [0.15, 0.2) is 5.82 Å². The van der Waals surface area contributed by atoms with Gasteiger partial charge in [-0.15, -0.1) is 0 Å². The van der Waals surface area contributed by atoms with E-state index in [0.717, 1.165) is 32.2 Å². The van der Waals surface area contributed by atoms with E-state index in [1.807, 2.05) is 0 Å². The Hall–Kier alpha value is -1.82. The van der Waals surface area contributed by atoms with E-state index >= 15 is 0 Å². The number of aromatic nitrogens is 1. The molecule has 0 aliphatic carbocycles. The highest BCUT2D eigenvalue weighted by molar-refractivity contribution is 5.89. The molecule has 6 heteroatoms. The fourth-order valence-corrected chi connectivity index (χ4v) is 2.57. The van der Waals surface area contributed by atoms with E-state index in [9.17, 15) is 4.79 Å². The first-order valence-corrected chi connectivity index (χ1v) is 6.49. The number of nitrogens with two attached hydrogens (primary N) is 1. The summed E-state index contributed by atoms with van der Waals surface area (Å²) < 4.78 is 0. The molecule has 0 amide bonds. The van der Waals surface area contributed by atoms with E-state index in [2.05, 4.69) is 9.88 Å². The van der Waals surface area contributed by atoms with Gasteiger partial charge in [-0.1, -0.05) is 0 Å². The maximum Gasteiger partial charge on any atom is 0.337 e. The van der Waals surface area contributed by atoms with Crippen LogP contribution in [0.15, 0.2) is 12.3 Å². The number of hydrogen-bond donors (Lipinski definition) is 3. The molecule has 1 atom stereocenters. The molecule has 2 rings (SSSR count). The largest absolute Gasteiger partial charge is 0.478 e. The number of aliphatic hydroxyl groups is 1. The molecule has 1 aromatic rings. The number of carbonyl (C=O) groups is 1. The number of nitrogen functional groups attached to an aromatic ring is 1. The van der Waals surface area contributed by atoms with E-state index in [0.29, 0.717) is 17.5 Å². The van der Waals surface area contributed by atoms with Gasteiger partial charge in [0.05, 0.1) is 11.3 Å². The quantitative estimate of drug-likeness (QED) is 0.737. The number of hydrogen-bond acceptors (Lipinski definition) is 5. The number of pyridine rings is 1. The molecule has 0 spiro atoms. The van der Waals surface area contributed by atoms with Gasteiger partial charge in [0.1, 0.15) is 0 Å². The fraction of sp³-hybridized carbons (Fsp3) is 0.538. The second-order valence-corrected chi connectivity index (χ2v) is 4.80. The third-order valence-corrected chi connectivity index (χ3v) is 3.49. The second kappa shape index (κ2) is 5.88. The monoisotopic (exact) mass is 265 g/mol. The van der Waals surface area contributed by atoms with Gasteiger partial charge in [-0.2, -0.15) is 0 Å². The molecule has 19 heavy (non-hydrogen) atoms. The number of rotatable bonds is 5. The molecular weight excluding hydrogens is 246 g/mol. The lowest BCUT2D eigenvalue weighted by Crippen LogP contribution is -2.31. The molecule has 1 aliphatic rings. The molecule has 104 valence electrons. The molecule has 1 aliphatic heterocycles. The third-order valence-electron chi connectivity index (χ3n) is 3.49. The van der Waals surface area contributed by atoms with Crippen molar-refractivity contribution >= 4 is 17.5 Å². The van der Waals surface area contributed by atoms with Crippen LogP contribution in [0.2, 0.25) is 0 Å². The highest BCUT2D eigenvalue weighted by Gasteiger charge is 2.26. The Morgan fingerprint density at radius 1 is 1.58 bits per heavy atom. The van der Waals surface area contributed by atoms with Gasteiger partial charge >= 0.3 is 5.97 Å². The lowest BCUT2D eigenvalue weighted by molar-refractivity contribution is 0.0696. The molecule has 1 saturated heterocycles. The van der Waals surface area contributed by atoms with Gasteiger partial charge < -0.3 is 20.8 Å². The van der Waals surface area contributed by atoms with E-state index < -0.39 is 5.97 Å². The third kappa shape index (κ3) is 2.96. The van der Waals surface area contributed by atoms with Gasteiger partial charge in [0, 0.05) is 25.4 Å². The Labute approximate surface area is 111 Å². The number of carboxylic acids is 1. The van der Waals surface area contributed by atoms with Gasteiger partial charge in [-0.3, -0.25) is 0 Å². The van der Waals surface area contributed by atoms with Crippen LogP contribution in [0.4, 0.5) is 11.5 Å². The standard InChI is InChI=1S/C13H19N3O3/c14-11-7-9(13(18)19)8-15-12(11)16-5-1-3-10(16)4-2-6-17/h7-8,10,17H,1-6,14H2,(H,18,19). The van der Waals surface area contributed by atoms with Crippen LogP contribution in [0.1, 0.15) is 36.0 Å². The lowest BCUT2D eigenvalue weighted by Gasteiger charge is -2.26. The molecular formula is C13H19N3O3. The average Bonchev–Trinajstić information content (AvgIpc) is 2.84. The van der Waals surface area contributed by atoms with Gasteiger partial charge in [0.2, 0.25) is 0 Å². The minimum Gasteiger partial charge on any atom is -0.478 e. The van der Waals surface area contributed by atoms with Crippen molar-refractivity contribution in [2.45, 2.75) is 31.7 Å². The molecule has 0 bridgehead atoms. The van der Waals surface area contributed by atoms with Crippen LogP contribution in [0.3, 0.4) is 0 Å². The summed E-state index contributed by atoms with van der Waals surface area (Å²) in [6, 6.07) is 1.78. The van der Waals surface area contributed by atoms with Crippen LogP contribution in [0.5, 0.6) is 0 Å². The average molecular weight is 265 g/mol. The van der Waals surface area contributed by atoms with Crippen LogP contribution in [0.25, 0.3) is 0 Å². The molecule has 0 aromatic carbocycles. The normalized spacial score (nSPS) is 18.8. The SMILES string of the molecule is Nc1cc(C(=O)O)cnc1N1CCCC1CCCO. The van der Waals surface area contributed by atoms with Crippen LogP contribution < -0.4 is 10.6 Å². The predicted molar refractivity (Wildman–Crippen MR) is 72.3 cm³/mol. The highest BCUT2D eigenvalue weighted by Crippen LogP contribution is 2.30. The Morgan fingerprint density at radius 2 is 2.37 bits per heavy atom. The zero-order valence-corrected chi connectivity index (χ0v) is 10.7. The summed E-state index contributed by atoms with van der Waals surface area (Å²) >= 11 is 0. The number of aromatic carboxylic acids is 1. The van der Waals surface area contributed by atoms with Crippen LogP contribution in [0, 0.1) is 0 Å². The summed E-state index contributed by atoms with van der Waals surface area (Å²) in [5, 5.41) is 17.8. The first-order valence-electron chi connectivity index (χ1n) is 6.49. The van der Waals surface area contributed by atoms with Crippen molar-refractivity contribution < 1.29 is 15.0 Å². The molecule has 1 unspecified atom stereocenters. The zero-order chi connectivity index (χ0) is 13.8. The zero-order valence-electron chi connectivity index (χ0n) is 10.7. The first-order chi connectivity index (χ1) is 9.13. The molecule has 0 radical (unpaired) electrons. The van der Waals surface area contributed by atoms with Crippen molar-refractivity contribution in [2.24, 2.45) is 0 Å². The first kappa shape index (κ1) is 13.6. The maximum atomic E-state index is 10.9. The summed E-state index contributed by atoms with van der Waals surface area (Å²) in [6.45, 7) is 1.06. The number of aliphatic hydroxyl groups excluding tert-OH is 1. The van der Waals surface area contributed by atoms with Crippen molar-refractivity contribution in [3.8, 4) is 0 Å². The summed E-state index contributed by atoms with van der Waals surface area (Å²) in [4.78, 5) is 17.2. The van der Waals surface area contributed by atoms with Crippen molar-refractivity contribution in [1.29, 1.82) is 0 Å². The van der Waals surface area contributed by atoms with Crippen molar-refractivity contribution in [1.82, 2.24) is 4.98 Å². The maximum absolute atomic E-state index is 10.9. The summed E-state index contributed by atoms with van der Waals surface area (Å²) in [5.74, 6) is -0.366. The molecule has 2 heterocycles. The van der Waals surface area contributed by atoms with E-state index in [1.165, 1.54) is 12.3 Å². The van der Waals surface area contributed by atoms with Crippen molar-refractivity contribution in [3.63, 3.8) is 0 Å². The van der Waals surface area contributed by atoms with Crippen molar-refractivity contribution in [3.05, 3.63) is 17.8 Å². The minimum absolute atomic E-state index is 0.104. The lowest BCUT2D eigenvalue weighted by atomic mass is 10.1. The van der Waals surface area contributed by atoms with E-state index in [4.69, 9.17) is 15.9 Å². The highest BCUT2D eigenvalue weighted by atomic mass is 16.4. The Morgan fingerprint density at radius 3 is 3.00 bits per heavy atom. The summed E-state index contributed by atoms with van der Waals surface area (Å²) in [5.41, 5.74) is 6.42. The van der Waals surface area contributed by atoms with Crippen LogP contribution in [-0.2, 0) is 0 Å². The molecule has 1 aromatic heterocycles. The Bertz CT molecular complexity index is 464.